The standard InChI is InChI=1S/C15H24N4O2S/c1-10(2)13(19-6-4-5-7-19)8-16-14(21)12-9-22-15(18-12)17-11(3)20/h9-10,13H,4-8H2,1-3H3,(H,16,21)(H,17,18,20). The van der Waals surface area contributed by atoms with Crippen LogP contribution in [0.3, 0.4) is 0 Å². The fourth-order valence-electron chi connectivity index (χ4n) is 2.73. The molecule has 7 heteroatoms. The van der Waals surface area contributed by atoms with Gasteiger partial charge in [0.1, 0.15) is 5.69 Å². The first-order valence-corrected chi connectivity index (χ1v) is 8.60. The first kappa shape index (κ1) is 16.9. The number of carbonyl (C=O) groups is 2. The van der Waals surface area contributed by atoms with Gasteiger partial charge in [-0.25, -0.2) is 4.98 Å². The van der Waals surface area contributed by atoms with Crippen LogP contribution in [0.1, 0.15) is 44.1 Å². The topological polar surface area (TPSA) is 74.3 Å². The molecule has 1 aromatic rings. The summed E-state index contributed by atoms with van der Waals surface area (Å²) in [5.41, 5.74) is 0.359. The summed E-state index contributed by atoms with van der Waals surface area (Å²) in [4.78, 5) is 29.8. The number of likely N-dealkylation sites (tertiary alicyclic amines) is 1. The van der Waals surface area contributed by atoms with E-state index in [2.05, 4.69) is 34.4 Å². The van der Waals surface area contributed by atoms with Crippen LogP contribution in [-0.2, 0) is 4.79 Å². The average Bonchev–Trinajstić information content (AvgIpc) is 3.09. The first-order chi connectivity index (χ1) is 10.5. The van der Waals surface area contributed by atoms with Crippen molar-refractivity contribution < 1.29 is 9.59 Å². The number of hydrogen-bond donors (Lipinski definition) is 2. The molecule has 2 heterocycles. The molecule has 0 saturated carbocycles. The quantitative estimate of drug-likeness (QED) is 0.839. The molecule has 1 aromatic heterocycles. The number of thiazole rings is 1. The zero-order valence-corrected chi connectivity index (χ0v) is 14.2. The van der Waals surface area contributed by atoms with Crippen LogP contribution in [0, 0.1) is 5.92 Å². The summed E-state index contributed by atoms with van der Waals surface area (Å²) >= 11 is 1.26. The van der Waals surface area contributed by atoms with Gasteiger partial charge in [0, 0.05) is 24.9 Å². The second-order valence-corrected chi connectivity index (χ2v) is 6.84. The molecule has 22 heavy (non-hydrogen) atoms. The minimum atomic E-state index is -0.185. The number of rotatable bonds is 6. The Kier molecular flexibility index (Phi) is 5.90. The smallest absolute Gasteiger partial charge is 0.270 e. The lowest BCUT2D eigenvalue weighted by Crippen LogP contribution is -2.45. The highest BCUT2D eigenvalue weighted by molar-refractivity contribution is 7.14. The predicted octanol–water partition coefficient (Wildman–Crippen LogP) is 1.95. The number of nitrogens with zero attached hydrogens (tertiary/aromatic N) is 2. The third-order valence-corrected chi connectivity index (χ3v) is 4.63. The summed E-state index contributed by atoms with van der Waals surface area (Å²) in [6.07, 6.45) is 2.48. The lowest BCUT2D eigenvalue weighted by atomic mass is 10.0. The van der Waals surface area contributed by atoms with Gasteiger partial charge >= 0.3 is 0 Å². The van der Waals surface area contributed by atoms with Crippen molar-refractivity contribution in [3.63, 3.8) is 0 Å². The van der Waals surface area contributed by atoms with Crippen LogP contribution >= 0.6 is 11.3 Å². The third-order valence-electron chi connectivity index (χ3n) is 3.87. The molecule has 2 rings (SSSR count). The van der Waals surface area contributed by atoms with Crippen molar-refractivity contribution in [2.75, 3.05) is 25.0 Å². The minimum absolute atomic E-state index is 0.183. The number of nitrogens with one attached hydrogen (secondary N) is 2. The Morgan fingerprint density at radius 3 is 2.64 bits per heavy atom. The molecular weight excluding hydrogens is 300 g/mol. The third kappa shape index (κ3) is 4.51. The maximum Gasteiger partial charge on any atom is 0.270 e. The van der Waals surface area contributed by atoms with Crippen molar-refractivity contribution in [1.82, 2.24) is 15.2 Å². The summed E-state index contributed by atoms with van der Waals surface area (Å²) < 4.78 is 0. The zero-order chi connectivity index (χ0) is 16.1. The molecule has 1 atom stereocenters. The Bertz CT molecular complexity index is 523. The van der Waals surface area contributed by atoms with Crippen LogP contribution in [0.25, 0.3) is 0 Å². The van der Waals surface area contributed by atoms with Gasteiger partial charge in [-0.2, -0.15) is 0 Å². The highest BCUT2D eigenvalue weighted by atomic mass is 32.1. The van der Waals surface area contributed by atoms with Gasteiger partial charge in [-0.3, -0.25) is 14.5 Å². The van der Waals surface area contributed by atoms with Gasteiger partial charge in [0.25, 0.3) is 5.91 Å². The predicted molar refractivity (Wildman–Crippen MR) is 88.2 cm³/mol. The number of carbonyl (C=O) groups excluding carboxylic acids is 2. The molecule has 0 bridgehead atoms. The van der Waals surface area contributed by atoms with Crippen molar-refractivity contribution in [2.24, 2.45) is 5.92 Å². The van der Waals surface area contributed by atoms with E-state index in [1.165, 1.54) is 31.1 Å². The van der Waals surface area contributed by atoms with Crippen LogP contribution in [0.15, 0.2) is 5.38 Å². The lowest BCUT2D eigenvalue weighted by molar-refractivity contribution is -0.114. The second-order valence-electron chi connectivity index (χ2n) is 5.98. The van der Waals surface area contributed by atoms with E-state index in [-0.39, 0.29) is 11.8 Å². The first-order valence-electron chi connectivity index (χ1n) is 7.72. The van der Waals surface area contributed by atoms with Crippen molar-refractivity contribution in [2.45, 2.75) is 39.7 Å². The molecule has 0 radical (unpaired) electrons. The molecule has 1 aliphatic rings. The van der Waals surface area contributed by atoms with Crippen LogP contribution in [0.4, 0.5) is 5.13 Å². The molecule has 6 nitrogen and oxygen atoms in total. The van der Waals surface area contributed by atoms with Crippen molar-refractivity contribution >= 4 is 28.3 Å². The minimum Gasteiger partial charge on any atom is -0.349 e. The fraction of sp³-hybridized carbons (Fsp3) is 0.667. The van der Waals surface area contributed by atoms with E-state index in [0.717, 1.165) is 13.1 Å². The Balaban J connectivity index is 1.90. The summed E-state index contributed by atoms with van der Waals surface area (Å²) in [6, 6.07) is 0.361. The van der Waals surface area contributed by atoms with E-state index in [1.807, 2.05) is 0 Å². The number of anilines is 1. The van der Waals surface area contributed by atoms with Crippen LogP contribution in [0.5, 0.6) is 0 Å². The van der Waals surface area contributed by atoms with Crippen molar-refractivity contribution in [3.8, 4) is 0 Å². The molecule has 2 N–H and O–H groups in total. The number of amides is 2. The normalized spacial score (nSPS) is 16.7. The summed E-state index contributed by atoms with van der Waals surface area (Å²) in [7, 11) is 0. The Morgan fingerprint density at radius 1 is 1.36 bits per heavy atom. The fourth-order valence-corrected chi connectivity index (χ4v) is 3.47. The SMILES string of the molecule is CC(=O)Nc1nc(C(=O)NCC(C(C)C)N2CCCC2)cs1. The Hall–Kier alpha value is -1.47. The maximum absolute atomic E-state index is 12.2. The molecule has 0 spiro atoms. The molecule has 2 amide bonds. The lowest BCUT2D eigenvalue weighted by Gasteiger charge is -2.30. The van der Waals surface area contributed by atoms with E-state index in [9.17, 15) is 9.59 Å². The van der Waals surface area contributed by atoms with Crippen molar-refractivity contribution in [1.29, 1.82) is 0 Å². The number of hydrogen-bond acceptors (Lipinski definition) is 5. The maximum atomic E-state index is 12.2. The van der Waals surface area contributed by atoms with Gasteiger partial charge in [-0.15, -0.1) is 11.3 Å². The summed E-state index contributed by atoms with van der Waals surface area (Å²) in [6.45, 7) is 8.65. The van der Waals surface area contributed by atoms with Gasteiger partial charge in [0.15, 0.2) is 5.13 Å². The molecule has 1 fully saturated rings. The van der Waals surface area contributed by atoms with E-state index in [4.69, 9.17) is 0 Å². The second kappa shape index (κ2) is 7.69. The van der Waals surface area contributed by atoms with Gasteiger partial charge < -0.3 is 10.6 Å². The largest absolute Gasteiger partial charge is 0.349 e. The molecule has 122 valence electrons. The highest BCUT2D eigenvalue weighted by Gasteiger charge is 2.25. The van der Waals surface area contributed by atoms with Gasteiger partial charge in [-0.05, 0) is 31.8 Å². The van der Waals surface area contributed by atoms with E-state index < -0.39 is 0 Å². The van der Waals surface area contributed by atoms with Gasteiger partial charge in [-0.1, -0.05) is 13.8 Å². The van der Waals surface area contributed by atoms with Gasteiger partial charge in [0.05, 0.1) is 0 Å². The van der Waals surface area contributed by atoms with E-state index in [0.29, 0.717) is 29.3 Å². The average molecular weight is 324 g/mol. The van der Waals surface area contributed by atoms with Gasteiger partial charge in [0.2, 0.25) is 5.91 Å². The molecule has 0 aromatic carbocycles. The summed E-state index contributed by atoms with van der Waals surface area (Å²) in [5.74, 6) is 0.122. The van der Waals surface area contributed by atoms with E-state index >= 15 is 0 Å². The van der Waals surface area contributed by atoms with E-state index in [1.54, 1.807) is 5.38 Å². The molecule has 0 aliphatic carbocycles. The van der Waals surface area contributed by atoms with Crippen LogP contribution in [0.2, 0.25) is 0 Å². The Labute approximate surface area is 135 Å². The molecule has 1 saturated heterocycles. The molecule has 1 aliphatic heterocycles. The highest BCUT2D eigenvalue weighted by Crippen LogP contribution is 2.18. The summed E-state index contributed by atoms with van der Waals surface area (Å²) in [5, 5.41) is 7.69. The monoisotopic (exact) mass is 324 g/mol. The number of aromatic nitrogens is 1. The molecular formula is C15H24N4O2S. The Morgan fingerprint density at radius 2 is 2.05 bits per heavy atom. The zero-order valence-electron chi connectivity index (χ0n) is 13.4. The van der Waals surface area contributed by atoms with Crippen molar-refractivity contribution in [3.05, 3.63) is 11.1 Å². The molecule has 1 unspecified atom stereocenters. The van der Waals surface area contributed by atoms with Crippen LogP contribution in [-0.4, -0.2) is 47.4 Å². The van der Waals surface area contributed by atoms with Crippen LogP contribution < -0.4 is 10.6 Å².